The zero-order valence-electron chi connectivity index (χ0n) is 16.5. The number of nitrogens with zero attached hydrogens (tertiary/aromatic N) is 3. The van der Waals surface area contributed by atoms with Crippen molar-refractivity contribution in [3.8, 4) is 0 Å². The molecule has 0 bridgehead atoms. The molecule has 7 heteroatoms. The molecule has 2 aliphatic rings. The molecule has 2 aliphatic heterocycles. The summed E-state index contributed by atoms with van der Waals surface area (Å²) >= 11 is 0. The summed E-state index contributed by atoms with van der Waals surface area (Å²) in [4.78, 5) is 28.7. The molecule has 3 heterocycles. The van der Waals surface area contributed by atoms with Crippen LogP contribution in [0.15, 0.2) is 18.3 Å². The van der Waals surface area contributed by atoms with Gasteiger partial charge in [-0.1, -0.05) is 0 Å². The first-order valence-corrected chi connectivity index (χ1v) is 10.0. The van der Waals surface area contributed by atoms with Crippen molar-refractivity contribution in [1.29, 1.82) is 0 Å². The summed E-state index contributed by atoms with van der Waals surface area (Å²) in [6.45, 7) is 6.30. The van der Waals surface area contributed by atoms with Gasteiger partial charge in [-0.05, 0) is 37.8 Å². The minimum atomic E-state index is -0.0385. The van der Waals surface area contributed by atoms with Crippen molar-refractivity contribution in [3.63, 3.8) is 0 Å². The van der Waals surface area contributed by atoms with E-state index in [-0.39, 0.29) is 11.8 Å². The fourth-order valence-electron chi connectivity index (χ4n) is 4.28. The van der Waals surface area contributed by atoms with Crippen LogP contribution < -0.4 is 5.32 Å². The summed E-state index contributed by atoms with van der Waals surface area (Å²) < 4.78 is 7.37. The molecule has 0 aliphatic carbocycles. The van der Waals surface area contributed by atoms with Crippen LogP contribution in [0.4, 0.5) is 0 Å². The van der Waals surface area contributed by atoms with E-state index < -0.39 is 0 Å². The van der Waals surface area contributed by atoms with Gasteiger partial charge in [0, 0.05) is 71.6 Å². The summed E-state index contributed by atoms with van der Waals surface area (Å²) in [6, 6.07) is 4.53. The van der Waals surface area contributed by atoms with Gasteiger partial charge in [0.15, 0.2) is 0 Å². The average molecular weight is 377 g/mol. The maximum atomic E-state index is 12.4. The third kappa shape index (κ3) is 5.11. The van der Waals surface area contributed by atoms with Crippen molar-refractivity contribution in [2.75, 3.05) is 39.4 Å². The van der Waals surface area contributed by atoms with E-state index >= 15 is 0 Å². The number of hydrogen-bond acceptors (Lipinski definition) is 4. The van der Waals surface area contributed by atoms with Crippen LogP contribution in [-0.2, 0) is 16.6 Å². The lowest BCUT2D eigenvalue weighted by molar-refractivity contribution is -0.131. The average Bonchev–Trinajstić information content (AvgIpc) is 3.12. The van der Waals surface area contributed by atoms with Crippen LogP contribution in [0.3, 0.4) is 0 Å². The number of amides is 2. The van der Waals surface area contributed by atoms with Gasteiger partial charge in [-0.3, -0.25) is 14.5 Å². The first-order valence-electron chi connectivity index (χ1n) is 10.0. The number of likely N-dealkylation sites (tertiary alicyclic amines) is 1. The minimum absolute atomic E-state index is 0.0385. The van der Waals surface area contributed by atoms with E-state index in [9.17, 15) is 9.59 Å². The Morgan fingerprint density at radius 1 is 1.26 bits per heavy atom. The van der Waals surface area contributed by atoms with Crippen LogP contribution in [0.2, 0.25) is 0 Å². The molecule has 2 fully saturated rings. The second-order valence-electron chi connectivity index (χ2n) is 7.60. The molecular formula is C20H32N4O3. The van der Waals surface area contributed by atoms with Crippen molar-refractivity contribution in [2.45, 2.75) is 44.7 Å². The van der Waals surface area contributed by atoms with Crippen LogP contribution in [0.1, 0.15) is 43.1 Å². The Kier molecular flexibility index (Phi) is 6.90. The van der Waals surface area contributed by atoms with Crippen molar-refractivity contribution >= 4 is 11.8 Å². The van der Waals surface area contributed by atoms with Crippen molar-refractivity contribution < 1.29 is 14.3 Å². The fraction of sp³-hybridized carbons (Fsp3) is 0.700. The van der Waals surface area contributed by atoms with Gasteiger partial charge in [-0.25, -0.2) is 0 Å². The number of rotatable bonds is 6. The Morgan fingerprint density at radius 2 is 2.04 bits per heavy atom. The highest BCUT2D eigenvalue weighted by molar-refractivity contribution is 5.92. The maximum Gasteiger partial charge on any atom is 0.267 e. The molecule has 0 saturated carbocycles. The zero-order valence-corrected chi connectivity index (χ0v) is 16.5. The standard InChI is InChI=1S/C20H32N4O3/c1-16(25)23-11-3-5-18(15-23)24(17-7-13-27-14-8-17)12-9-21-20(26)19-6-4-10-22(19)2/h4,6,10,17-18H,3,5,7-9,11-15H2,1-2H3,(H,21,26). The van der Waals surface area contributed by atoms with Gasteiger partial charge in [0.2, 0.25) is 5.91 Å². The van der Waals surface area contributed by atoms with Crippen molar-refractivity contribution in [1.82, 2.24) is 19.7 Å². The Morgan fingerprint density at radius 3 is 2.70 bits per heavy atom. The molecule has 2 amide bonds. The highest BCUT2D eigenvalue weighted by Crippen LogP contribution is 2.23. The Bertz CT molecular complexity index is 639. The molecule has 150 valence electrons. The van der Waals surface area contributed by atoms with Crippen molar-refractivity contribution in [2.24, 2.45) is 7.05 Å². The summed E-state index contributed by atoms with van der Waals surface area (Å²) in [5, 5.41) is 3.06. The smallest absolute Gasteiger partial charge is 0.267 e. The Balaban J connectivity index is 1.60. The number of ether oxygens (including phenoxy) is 1. The number of carbonyl (C=O) groups excluding carboxylic acids is 2. The van der Waals surface area contributed by atoms with E-state index in [1.165, 1.54) is 0 Å². The quantitative estimate of drug-likeness (QED) is 0.811. The molecular weight excluding hydrogens is 344 g/mol. The maximum absolute atomic E-state index is 12.4. The van der Waals surface area contributed by atoms with E-state index in [0.717, 1.165) is 58.5 Å². The first-order chi connectivity index (χ1) is 13.1. The SMILES string of the molecule is CC(=O)N1CCCC(N(CCNC(=O)c2cccn2C)C2CCOCC2)C1. The molecule has 3 rings (SSSR count). The monoisotopic (exact) mass is 376 g/mol. The largest absolute Gasteiger partial charge is 0.381 e. The molecule has 0 aromatic carbocycles. The predicted octanol–water partition coefficient (Wildman–Crippen LogP) is 1.25. The van der Waals surface area contributed by atoms with Crippen LogP contribution in [0, 0.1) is 0 Å². The van der Waals surface area contributed by atoms with Gasteiger partial charge in [-0.15, -0.1) is 0 Å². The Hall–Kier alpha value is -1.86. The van der Waals surface area contributed by atoms with Crippen LogP contribution in [0.5, 0.6) is 0 Å². The molecule has 1 atom stereocenters. The molecule has 0 spiro atoms. The molecule has 1 aromatic rings. The number of hydrogen-bond donors (Lipinski definition) is 1. The molecule has 27 heavy (non-hydrogen) atoms. The zero-order chi connectivity index (χ0) is 19.2. The predicted molar refractivity (Wildman–Crippen MR) is 104 cm³/mol. The van der Waals surface area contributed by atoms with E-state index in [0.29, 0.717) is 24.3 Å². The molecule has 1 N–H and O–H groups in total. The lowest BCUT2D eigenvalue weighted by Crippen LogP contribution is -2.55. The summed E-state index contributed by atoms with van der Waals surface area (Å²) in [5.41, 5.74) is 0.674. The van der Waals surface area contributed by atoms with Gasteiger partial charge < -0.3 is 19.5 Å². The summed E-state index contributed by atoms with van der Waals surface area (Å²) in [6.07, 6.45) is 6.05. The normalized spacial score (nSPS) is 21.4. The number of piperidine rings is 1. The van der Waals surface area contributed by atoms with Crippen LogP contribution in [-0.4, -0.2) is 77.7 Å². The van der Waals surface area contributed by atoms with E-state index in [1.54, 1.807) is 6.92 Å². The molecule has 2 saturated heterocycles. The minimum Gasteiger partial charge on any atom is -0.381 e. The van der Waals surface area contributed by atoms with E-state index in [1.807, 2.05) is 34.8 Å². The number of aromatic nitrogens is 1. The summed E-state index contributed by atoms with van der Waals surface area (Å²) in [5.74, 6) is 0.118. The van der Waals surface area contributed by atoms with E-state index in [2.05, 4.69) is 10.2 Å². The molecule has 7 nitrogen and oxygen atoms in total. The molecule has 0 radical (unpaired) electrons. The Labute approximate surface area is 161 Å². The van der Waals surface area contributed by atoms with Crippen molar-refractivity contribution in [3.05, 3.63) is 24.0 Å². The highest BCUT2D eigenvalue weighted by atomic mass is 16.5. The van der Waals surface area contributed by atoms with Crippen LogP contribution in [0.25, 0.3) is 0 Å². The fourth-order valence-corrected chi connectivity index (χ4v) is 4.28. The van der Waals surface area contributed by atoms with Gasteiger partial charge >= 0.3 is 0 Å². The third-order valence-electron chi connectivity index (χ3n) is 5.80. The second-order valence-corrected chi connectivity index (χ2v) is 7.60. The summed E-state index contributed by atoms with van der Waals surface area (Å²) in [7, 11) is 1.88. The van der Waals surface area contributed by atoms with Gasteiger partial charge in [0.1, 0.15) is 5.69 Å². The lowest BCUT2D eigenvalue weighted by atomic mass is 9.98. The first kappa shape index (κ1) is 19.9. The number of nitrogens with one attached hydrogen (secondary N) is 1. The van der Waals surface area contributed by atoms with Crippen LogP contribution >= 0.6 is 0 Å². The van der Waals surface area contributed by atoms with Gasteiger partial charge in [0.05, 0.1) is 0 Å². The van der Waals surface area contributed by atoms with Gasteiger partial charge in [0.25, 0.3) is 5.91 Å². The number of carbonyl (C=O) groups is 2. The lowest BCUT2D eigenvalue weighted by Gasteiger charge is -2.44. The molecule has 1 unspecified atom stereocenters. The topological polar surface area (TPSA) is 66.8 Å². The third-order valence-corrected chi connectivity index (χ3v) is 5.80. The highest BCUT2D eigenvalue weighted by Gasteiger charge is 2.31. The second kappa shape index (κ2) is 9.37. The molecule has 1 aromatic heterocycles. The van der Waals surface area contributed by atoms with E-state index in [4.69, 9.17) is 4.74 Å². The van der Waals surface area contributed by atoms with Gasteiger partial charge in [-0.2, -0.15) is 0 Å². The number of aryl methyl sites for hydroxylation is 1.